The fourth-order valence-electron chi connectivity index (χ4n) is 2.68. The van der Waals surface area contributed by atoms with Crippen LogP contribution in [0.3, 0.4) is 0 Å². The highest BCUT2D eigenvalue weighted by molar-refractivity contribution is 6.33. The second kappa shape index (κ2) is 7.33. The Hall–Kier alpha value is -3.78. The first kappa shape index (κ1) is 18.6. The van der Waals surface area contributed by atoms with Gasteiger partial charge < -0.3 is 9.15 Å². The van der Waals surface area contributed by atoms with Crippen molar-refractivity contribution in [1.82, 2.24) is 0 Å². The van der Waals surface area contributed by atoms with Crippen LogP contribution in [0.5, 0.6) is 0 Å². The van der Waals surface area contributed by atoms with Gasteiger partial charge in [0.1, 0.15) is 17.3 Å². The molecule has 1 aliphatic heterocycles. The minimum Gasteiger partial charge on any atom is -0.457 e. The SMILES string of the molecule is O=C1OC(c2cccc(F)c2)=NC1=Cc1ccc(-c2ccc([N+](=O)[O-])cc2Cl)o1. The van der Waals surface area contributed by atoms with E-state index in [4.69, 9.17) is 20.8 Å². The van der Waals surface area contributed by atoms with Crippen LogP contribution in [0.15, 0.2) is 69.7 Å². The third-order valence-electron chi connectivity index (χ3n) is 4.03. The van der Waals surface area contributed by atoms with Crippen LogP contribution in [0.1, 0.15) is 11.3 Å². The molecule has 7 nitrogen and oxygen atoms in total. The number of hydrogen-bond acceptors (Lipinski definition) is 6. The highest BCUT2D eigenvalue weighted by Gasteiger charge is 2.25. The van der Waals surface area contributed by atoms with E-state index in [1.165, 1.54) is 42.5 Å². The van der Waals surface area contributed by atoms with Crippen LogP contribution in [0.4, 0.5) is 10.1 Å². The van der Waals surface area contributed by atoms with Gasteiger partial charge in [0.15, 0.2) is 5.70 Å². The molecule has 144 valence electrons. The summed E-state index contributed by atoms with van der Waals surface area (Å²) in [5.74, 6) is -0.529. The van der Waals surface area contributed by atoms with Crippen LogP contribution >= 0.6 is 11.6 Å². The lowest BCUT2D eigenvalue weighted by Crippen LogP contribution is -2.05. The Labute approximate surface area is 167 Å². The molecule has 0 saturated heterocycles. The molecule has 0 amide bonds. The summed E-state index contributed by atoms with van der Waals surface area (Å²) in [4.78, 5) is 26.4. The zero-order valence-electron chi connectivity index (χ0n) is 14.5. The number of non-ortho nitro benzene ring substituents is 1. The van der Waals surface area contributed by atoms with Gasteiger partial charge in [0.2, 0.25) is 5.90 Å². The number of aliphatic imine (C=N–C) groups is 1. The fraction of sp³-hybridized carbons (Fsp3) is 0. The zero-order chi connectivity index (χ0) is 20.5. The normalized spacial score (nSPS) is 14.8. The molecule has 0 aliphatic carbocycles. The van der Waals surface area contributed by atoms with Gasteiger partial charge in [-0.05, 0) is 36.4 Å². The third kappa shape index (κ3) is 3.78. The third-order valence-corrected chi connectivity index (χ3v) is 4.34. The monoisotopic (exact) mass is 412 g/mol. The largest absolute Gasteiger partial charge is 0.457 e. The molecule has 2 heterocycles. The lowest BCUT2D eigenvalue weighted by molar-refractivity contribution is -0.384. The molecule has 0 atom stereocenters. The standard InChI is InChI=1S/C20H10ClFN2O5/c21-16-9-13(24(26)27)4-6-15(16)18-7-5-14(28-18)10-17-20(25)29-19(23-17)11-2-1-3-12(22)8-11/h1-10H. The number of nitro groups is 1. The Morgan fingerprint density at radius 3 is 2.69 bits per heavy atom. The molecule has 2 aromatic carbocycles. The second-order valence-electron chi connectivity index (χ2n) is 5.97. The molecular weight excluding hydrogens is 403 g/mol. The topological polar surface area (TPSA) is 94.9 Å². The van der Waals surface area contributed by atoms with E-state index in [1.54, 1.807) is 18.2 Å². The van der Waals surface area contributed by atoms with Crippen molar-refractivity contribution < 1.29 is 23.3 Å². The van der Waals surface area contributed by atoms with E-state index in [0.29, 0.717) is 22.6 Å². The summed E-state index contributed by atoms with van der Waals surface area (Å²) in [6.45, 7) is 0. The number of rotatable bonds is 4. The molecule has 0 radical (unpaired) electrons. The fourth-order valence-corrected chi connectivity index (χ4v) is 2.95. The number of esters is 1. The highest BCUT2D eigenvalue weighted by atomic mass is 35.5. The summed E-state index contributed by atoms with van der Waals surface area (Å²) in [7, 11) is 0. The average Bonchev–Trinajstić information content (AvgIpc) is 3.29. The molecule has 0 fully saturated rings. The number of nitrogens with zero attached hydrogens (tertiary/aromatic N) is 2. The van der Waals surface area contributed by atoms with Gasteiger partial charge in [0.05, 0.1) is 9.95 Å². The number of cyclic esters (lactones) is 1. The number of carbonyl (C=O) groups excluding carboxylic acids is 1. The van der Waals surface area contributed by atoms with Gasteiger partial charge in [-0.25, -0.2) is 14.2 Å². The molecule has 3 aromatic rings. The van der Waals surface area contributed by atoms with Crippen molar-refractivity contribution in [2.24, 2.45) is 4.99 Å². The van der Waals surface area contributed by atoms with Crippen LogP contribution < -0.4 is 0 Å². The number of benzene rings is 2. The number of ether oxygens (including phenoxy) is 1. The maximum atomic E-state index is 13.4. The summed E-state index contributed by atoms with van der Waals surface area (Å²) < 4.78 is 24.1. The predicted octanol–water partition coefficient (Wildman–Crippen LogP) is 4.99. The van der Waals surface area contributed by atoms with Gasteiger partial charge in [0.25, 0.3) is 5.69 Å². The van der Waals surface area contributed by atoms with E-state index in [-0.39, 0.29) is 22.3 Å². The molecular formula is C20H10ClFN2O5. The van der Waals surface area contributed by atoms with Gasteiger partial charge in [-0.15, -0.1) is 0 Å². The Bertz CT molecular complexity index is 1220. The molecule has 0 spiro atoms. The predicted molar refractivity (Wildman–Crippen MR) is 103 cm³/mol. The summed E-state index contributed by atoms with van der Waals surface area (Å²) in [5.41, 5.74) is 0.639. The smallest absolute Gasteiger partial charge is 0.363 e. The quantitative estimate of drug-likeness (QED) is 0.260. The molecule has 0 saturated carbocycles. The van der Waals surface area contributed by atoms with Crippen molar-refractivity contribution in [2.45, 2.75) is 0 Å². The molecule has 1 aromatic heterocycles. The maximum Gasteiger partial charge on any atom is 0.363 e. The van der Waals surface area contributed by atoms with E-state index in [9.17, 15) is 19.3 Å². The molecule has 0 N–H and O–H groups in total. The first-order chi connectivity index (χ1) is 13.9. The van der Waals surface area contributed by atoms with Gasteiger partial charge in [0, 0.05) is 29.3 Å². The zero-order valence-corrected chi connectivity index (χ0v) is 15.2. The number of carbonyl (C=O) groups is 1. The summed E-state index contributed by atoms with van der Waals surface area (Å²) >= 11 is 6.10. The van der Waals surface area contributed by atoms with Gasteiger partial charge >= 0.3 is 5.97 Å². The van der Waals surface area contributed by atoms with Gasteiger partial charge in [-0.3, -0.25) is 10.1 Å². The van der Waals surface area contributed by atoms with E-state index < -0.39 is 16.7 Å². The van der Waals surface area contributed by atoms with Gasteiger partial charge in [-0.1, -0.05) is 17.7 Å². The van der Waals surface area contributed by atoms with Gasteiger partial charge in [-0.2, -0.15) is 0 Å². The number of nitro benzene ring substituents is 1. The Morgan fingerprint density at radius 1 is 1.14 bits per heavy atom. The Balaban J connectivity index is 1.62. The number of hydrogen-bond donors (Lipinski definition) is 0. The Kier molecular flexibility index (Phi) is 4.69. The van der Waals surface area contributed by atoms with Crippen LogP contribution in [0, 0.1) is 15.9 Å². The van der Waals surface area contributed by atoms with Crippen molar-refractivity contribution in [1.29, 1.82) is 0 Å². The van der Waals surface area contributed by atoms with Crippen LogP contribution in [-0.4, -0.2) is 16.8 Å². The highest BCUT2D eigenvalue weighted by Crippen LogP contribution is 2.33. The molecule has 4 rings (SSSR count). The average molecular weight is 413 g/mol. The van der Waals surface area contributed by atoms with Crippen molar-refractivity contribution in [3.63, 3.8) is 0 Å². The maximum absolute atomic E-state index is 13.4. The first-order valence-corrected chi connectivity index (χ1v) is 8.61. The van der Waals surface area contributed by atoms with Crippen molar-refractivity contribution in [2.75, 3.05) is 0 Å². The van der Waals surface area contributed by atoms with Crippen LogP contribution in [-0.2, 0) is 9.53 Å². The molecule has 29 heavy (non-hydrogen) atoms. The number of furan rings is 1. The Morgan fingerprint density at radius 2 is 1.97 bits per heavy atom. The van der Waals surface area contributed by atoms with Crippen molar-refractivity contribution >= 4 is 35.2 Å². The molecule has 1 aliphatic rings. The summed E-state index contributed by atoms with van der Waals surface area (Å²) in [6.07, 6.45) is 1.37. The van der Waals surface area contributed by atoms with Crippen LogP contribution in [0.2, 0.25) is 5.02 Å². The molecule has 0 bridgehead atoms. The van der Waals surface area contributed by atoms with Crippen LogP contribution in [0.25, 0.3) is 17.4 Å². The van der Waals surface area contributed by atoms with E-state index >= 15 is 0 Å². The first-order valence-electron chi connectivity index (χ1n) is 8.23. The van der Waals surface area contributed by atoms with E-state index in [1.807, 2.05) is 0 Å². The van der Waals surface area contributed by atoms with E-state index in [0.717, 1.165) is 0 Å². The van der Waals surface area contributed by atoms with Crippen molar-refractivity contribution in [3.05, 3.63) is 92.6 Å². The lowest BCUT2D eigenvalue weighted by atomic mass is 10.1. The summed E-state index contributed by atoms with van der Waals surface area (Å²) in [6, 6.07) is 12.7. The number of halogens is 2. The lowest BCUT2D eigenvalue weighted by Gasteiger charge is -2.00. The minimum atomic E-state index is -0.699. The molecule has 0 unspecified atom stereocenters. The molecule has 9 heteroatoms. The minimum absolute atomic E-state index is 0.00839. The second-order valence-corrected chi connectivity index (χ2v) is 6.38. The van der Waals surface area contributed by atoms with Crippen molar-refractivity contribution in [3.8, 4) is 11.3 Å². The summed E-state index contributed by atoms with van der Waals surface area (Å²) in [5, 5.41) is 11.0. The van der Waals surface area contributed by atoms with E-state index in [2.05, 4.69) is 4.99 Å².